The number of carbonyl (C=O) groups is 1. The van der Waals surface area contributed by atoms with Crippen molar-refractivity contribution in [2.24, 2.45) is 0 Å². The summed E-state index contributed by atoms with van der Waals surface area (Å²) in [6.45, 7) is -0.385. The van der Waals surface area contributed by atoms with Crippen molar-refractivity contribution < 1.29 is 4.79 Å². The van der Waals surface area contributed by atoms with E-state index >= 15 is 0 Å². The van der Waals surface area contributed by atoms with Crippen LogP contribution >= 0.6 is 23.2 Å². The highest BCUT2D eigenvalue weighted by Gasteiger charge is 2.17. The first-order chi connectivity index (χ1) is 14.9. The van der Waals surface area contributed by atoms with Gasteiger partial charge in [-0.3, -0.25) is 23.7 Å². The second kappa shape index (κ2) is 8.71. The molecule has 0 saturated carbocycles. The van der Waals surface area contributed by atoms with Crippen molar-refractivity contribution >= 4 is 45.8 Å². The standard InChI is InChI=1S/C21H15Cl2N5O3/c22-13-8-14(23)10-16(9-13)26-18(29)12-27-17-5-3-7-25-19(17)20(30)28(21(27)31)11-15-4-1-2-6-24-15/h1-10H,11-12H2,(H,26,29). The fourth-order valence-electron chi connectivity index (χ4n) is 3.16. The number of benzene rings is 1. The maximum absolute atomic E-state index is 13.2. The molecule has 10 heteroatoms. The maximum atomic E-state index is 13.2. The zero-order valence-electron chi connectivity index (χ0n) is 16.0. The highest BCUT2D eigenvalue weighted by atomic mass is 35.5. The average molecular weight is 456 g/mol. The lowest BCUT2D eigenvalue weighted by Crippen LogP contribution is -2.42. The van der Waals surface area contributed by atoms with Crippen LogP contribution in [0.3, 0.4) is 0 Å². The largest absolute Gasteiger partial charge is 0.332 e. The first kappa shape index (κ1) is 20.8. The lowest BCUT2D eigenvalue weighted by molar-refractivity contribution is -0.116. The summed E-state index contributed by atoms with van der Waals surface area (Å²) >= 11 is 11.9. The quantitative estimate of drug-likeness (QED) is 0.498. The van der Waals surface area contributed by atoms with Gasteiger partial charge in [0, 0.05) is 28.1 Å². The van der Waals surface area contributed by atoms with Crippen molar-refractivity contribution in [3.8, 4) is 0 Å². The summed E-state index contributed by atoms with van der Waals surface area (Å²) in [6.07, 6.45) is 3.03. The number of carbonyl (C=O) groups excluding carboxylic acids is 1. The predicted molar refractivity (Wildman–Crippen MR) is 119 cm³/mol. The number of rotatable bonds is 5. The Morgan fingerprint density at radius 3 is 2.39 bits per heavy atom. The molecule has 0 atom stereocenters. The Balaban J connectivity index is 1.75. The molecule has 31 heavy (non-hydrogen) atoms. The minimum Gasteiger partial charge on any atom is -0.324 e. The van der Waals surface area contributed by atoms with E-state index in [9.17, 15) is 14.4 Å². The van der Waals surface area contributed by atoms with Crippen molar-refractivity contribution in [3.63, 3.8) is 0 Å². The van der Waals surface area contributed by atoms with E-state index in [0.29, 0.717) is 21.4 Å². The Morgan fingerprint density at radius 1 is 0.935 bits per heavy atom. The highest BCUT2D eigenvalue weighted by molar-refractivity contribution is 6.35. The molecule has 0 fully saturated rings. The molecule has 0 aliphatic carbocycles. The highest BCUT2D eigenvalue weighted by Crippen LogP contribution is 2.22. The number of hydrogen-bond acceptors (Lipinski definition) is 5. The molecule has 156 valence electrons. The lowest BCUT2D eigenvalue weighted by Gasteiger charge is -2.14. The Labute approximate surface area is 185 Å². The van der Waals surface area contributed by atoms with Gasteiger partial charge in [0.15, 0.2) is 5.52 Å². The molecule has 0 aliphatic heterocycles. The molecule has 0 bridgehead atoms. The maximum Gasteiger partial charge on any atom is 0.332 e. The van der Waals surface area contributed by atoms with E-state index in [1.807, 2.05) is 0 Å². The van der Waals surface area contributed by atoms with Crippen molar-refractivity contribution in [2.75, 3.05) is 5.32 Å². The van der Waals surface area contributed by atoms with Crippen LogP contribution in [-0.4, -0.2) is 25.0 Å². The van der Waals surface area contributed by atoms with Crippen LogP contribution in [-0.2, 0) is 17.9 Å². The molecule has 1 aromatic carbocycles. The summed E-state index contributed by atoms with van der Waals surface area (Å²) in [5, 5.41) is 3.38. The van der Waals surface area contributed by atoms with Gasteiger partial charge in [0.1, 0.15) is 6.54 Å². The Bertz CT molecular complexity index is 1380. The zero-order valence-corrected chi connectivity index (χ0v) is 17.5. The number of nitrogens with one attached hydrogen (secondary N) is 1. The van der Waals surface area contributed by atoms with E-state index in [4.69, 9.17) is 23.2 Å². The fraction of sp³-hybridized carbons (Fsp3) is 0.0952. The topological polar surface area (TPSA) is 98.9 Å². The number of anilines is 1. The predicted octanol–water partition coefficient (Wildman–Crippen LogP) is 2.95. The van der Waals surface area contributed by atoms with Crippen LogP contribution in [0.4, 0.5) is 5.69 Å². The van der Waals surface area contributed by atoms with Gasteiger partial charge in [-0.2, -0.15) is 0 Å². The smallest absolute Gasteiger partial charge is 0.324 e. The summed E-state index contributed by atoms with van der Waals surface area (Å²) in [5.74, 6) is -0.492. The average Bonchev–Trinajstić information content (AvgIpc) is 2.74. The summed E-state index contributed by atoms with van der Waals surface area (Å²) < 4.78 is 2.22. The molecule has 3 heterocycles. The number of amides is 1. The van der Waals surface area contributed by atoms with Gasteiger partial charge in [-0.25, -0.2) is 9.78 Å². The minimum atomic E-state index is -0.643. The van der Waals surface area contributed by atoms with Gasteiger partial charge >= 0.3 is 5.69 Å². The van der Waals surface area contributed by atoms with Crippen LogP contribution in [0.25, 0.3) is 11.0 Å². The summed E-state index contributed by atoms with van der Waals surface area (Å²) in [6, 6.07) is 13.0. The molecule has 1 N–H and O–H groups in total. The number of halogens is 2. The SMILES string of the molecule is O=C(Cn1c(=O)n(Cc2ccccn2)c(=O)c2ncccc21)Nc1cc(Cl)cc(Cl)c1. The number of hydrogen-bond donors (Lipinski definition) is 1. The van der Waals surface area contributed by atoms with E-state index in [1.165, 1.54) is 29.0 Å². The molecular weight excluding hydrogens is 441 g/mol. The van der Waals surface area contributed by atoms with Crippen LogP contribution in [0.1, 0.15) is 5.69 Å². The molecular formula is C21H15Cl2N5O3. The number of pyridine rings is 2. The number of nitrogens with zero attached hydrogens (tertiary/aromatic N) is 4. The van der Waals surface area contributed by atoms with Crippen LogP contribution in [0.2, 0.25) is 10.0 Å². The van der Waals surface area contributed by atoms with E-state index < -0.39 is 17.2 Å². The van der Waals surface area contributed by atoms with Crippen molar-refractivity contribution in [2.45, 2.75) is 13.1 Å². The van der Waals surface area contributed by atoms with E-state index in [-0.39, 0.29) is 24.1 Å². The molecule has 0 spiro atoms. The Morgan fingerprint density at radius 2 is 1.68 bits per heavy atom. The van der Waals surface area contributed by atoms with E-state index in [2.05, 4.69) is 15.3 Å². The van der Waals surface area contributed by atoms with Crippen molar-refractivity contribution in [1.82, 2.24) is 19.1 Å². The summed E-state index contributed by atoms with van der Waals surface area (Å²) in [5.41, 5.74) is 0.0620. The Kier molecular flexibility index (Phi) is 5.83. The number of fused-ring (bicyclic) bond motifs is 1. The molecule has 3 aromatic heterocycles. The monoisotopic (exact) mass is 455 g/mol. The molecule has 4 aromatic rings. The molecule has 1 amide bonds. The number of aromatic nitrogens is 4. The molecule has 0 radical (unpaired) electrons. The van der Waals surface area contributed by atoms with E-state index in [1.54, 1.807) is 36.5 Å². The van der Waals surface area contributed by atoms with E-state index in [0.717, 1.165) is 4.57 Å². The second-order valence-electron chi connectivity index (χ2n) is 6.66. The van der Waals surface area contributed by atoms with Gasteiger partial charge in [-0.1, -0.05) is 29.3 Å². The van der Waals surface area contributed by atoms with Gasteiger partial charge in [0.05, 0.1) is 17.8 Å². The van der Waals surface area contributed by atoms with Gasteiger partial charge in [0.2, 0.25) is 5.91 Å². The summed E-state index contributed by atoms with van der Waals surface area (Å²) in [7, 11) is 0. The molecule has 0 unspecified atom stereocenters. The molecule has 8 nitrogen and oxygen atoms in total. The zero-order chi connectivity index (χ0) is 22.0. The molecule has 0 aliphatic rings. The molecule has 4 rings (SSSR count). The molecule has 0 saturated heterocycles. The van der Waals surface area contributed by atoms with Crippen molar-refractivity contribution in [3.05, 3.63) is 97.5 Å². The normalized spacial score (nSPS) is 10.9. The van der Waals surface area contributed by atoms with Gasteiger partial charge < -0.3 is 5.32 Å². The van der Waals surface area contributed by atoms with Gasteiger partial charge in [0.25, 0.3) is 5.56 Å². The first-order valence-electron chi connectivity index (χ1n) is 9.16. The third-order valence-electron chi connectivity index (χ3n) is 4.48. The third kappa shape index (κ3) is 4.50. The first-order valence-corrected chi connectivity index (χ1v) is 9.92. The van der Waals surface area contributed by atoms with Crippen LogP contribution < -0.4 is 16.6 Å². The van der Waals surface area contributed by atoms with Crippen LogP contribution in [0.5, 0.6) is 0 Å². The fourth-order valence-corrected chi connectivity index (χ4v) is 3.68. The summed E-state index contributed by atoms with van der Waals surface area (Å²) in [4.78, 5) is 47.0. The van der Waals surface area contributed by atoms with Crippen LogP contribution in [0.15, 0.2) is 70.5 Å². The van der Waals surface area contributed by atoms with Gasteiger partial charge in [-0.15, -0.1) is 0 Å². The van der Waals surface area contributed by atoms with Crippen LogP contribution in [0, 0.1) is 0 Å². The lowest BCUT2D eigenvalue weighted by atomic mass is 10.3. The Hall–Kier alpha value is -3.49. The second-order valence-corrected chi connectivity index (χ2v) is 7.53. The minimum absolute atomic E-state index is 0.0451. The third-order valence-corrected chi connectivity index (χ3v) is 4.92. The van der Waals surface area contributed by atoms with Gasteiger partial charge in [-0.05, 0) is 42.5 Å². The van der Waals surface area contributed by atoms with Crippen molar-refractivity contribution in [1.29, 1.82) is 0 Å².